The fraction of sp³-hybridized carbons (Fsp3) is 0.977. The number of carbonyl (C=O) groups excluding carboxylic acids is 1. The molecule has 0 bridgehead atoms. The molecule has 0 aromatic heterocycles. The minimum Gasteiger partial charge on any atom is -0.394 e. The summed E-state index contributed by atoms with van der Waals surface area (Å²) in [6.45, 7) is 3.84. The Hall–Kier alpha value is -0.810. The van der Waals surface area contributed by atoms with E-state index < -0.39 is 49.5 Å². The third kappa shape index (κ3) is 26.6. The summed E-state index contributed by atoms with van der Waals surface area (Å²) in [4.78, 5) is 12.9. The van der Waals surface area contributed by atoms with E-state index in [1.165, 1.54) is 154 Å². The number of aliphatic hydroxyl groups excluding tert-OH is 5. The zero-order valence-electron chi connectivity index (χ0n) is 34.5. The maximum absolute atomic E-state index is 12.9. The minimum absolute atomic E-state index is 0.132. The maximum atomic E-state index is 12.9. The van der Waals surface area contributed by atoms with Gasteiger partial charge in [0.1, 0.15) is 24.4 Å². The molecule has 1 aliphatic rings. The quantitative estimate of drug-likeness (QED) is 0.0342. The van der Waals surface area contributed by atoms with Crippen LogP contribution in [0.2, 0.25) is 0 Å². The maximum Gasteiger partial charge on any atom is 0.220 e. The van der Waals surface area contributed by atoms with Crippen molar-refractivity contribution in [2.24, 2.45) is 0 Å². The first-order chi connectivity index (χ1) is 25.8. The van der Waals surface area contributed by atoms with E-state index in [1.807, 2.05) is 0 Å². The van der Waals surface area contributed by atoms with Crippen molar-refractivity contribution in [3.05, 3.63) is 0 Å². The van der Waals surface area contributed by atoms with Crippen molar-refractivity contribution < 1.29 is 39.8 Å². The minimum atomic E-state index is -1.55. The van der Waals surface area contributed by atoms with Crippen LogP contribution in [-0.2, 0) is 14.3 Å². The van der Waals surface area contributed by atoms with Gasteiger partial charge in [-0.25, -0.2) is 0 Å². The first kappa shape index (κ1) is 50.2. The molecule has 1 heterocycles. The monoisotopic (exact) mass is 758 g/mol. The molecule has 0 radical (unpaired) electrons. The van der Waals surface area contributed by atoms with Gasteiger partial charge in [-0.1, -0.05) is 200 Å². The number of rotatable bonds is 38. The molecule has 1 saturated heterocycles. The predicted molar refractivity (Wildman–Crippen MR) is 217 cm³/mol. The molecular formula is C44H87NO8. The Balaban J connectivity index is 2.33. The number of unbranched alkanes of at least 4 members (excludes halogenated alkanes) is 28. The zero-order valence-corrected chi connectivity index (χ0v) is 34.5. The Morgan fingerprint density at radius 2 is 0.943 bits per heavy atom. The lowest BCUT2D eigenvalue weighted by atomic mass is 9.99. The highest BCUT2D eigenvalue weighted by atomic mass is 16.7. The highest BCUT2D eigenvalue weighted by Gasteiger charge is 2.44. The number of nitrogens with one attached hydrogen (secondary N) is 1. The van der Waals surface area contributed by atoms with Gasteiger partial charge >= 0.3 is 0 Å². The predicted octanol–water partition coefficient (Wildman–Crippen LogP) is 9.17. The van der Waals surface area contributed by atoms with Gasteiger partial charge in [-0.15, -0.1) is 0 Å². The van der Waals surface area contributed by atoms with Gasteiger partial charge < -0.3 is 40.3 Å². The molecule has 1 amide bonds. The van der Waals surface area contributed by atoms with Crippen LogP contribution in [0.3, 0.4) is 0 Å². The lowest BCUT2D eigenvalue weighted by Crippen LogP contribution is -2.60. The van der Waals surface area contributed by atoms with Gasteiger partial charge in [0.2, 0.25) is 5.91 Å². The molecule has 0 saturated carbocycles. The van der Waals surface area contributed by atoms with Crippen molar-refractivity contribution >= 4 is 5.91 Å². The van der Waals surface area contributed by atoms with Crippen LogP contribution >= 0.6 is 0 Å². The van der Waals surface area contributed by atoms with Crippen LogP contribution < -0.4 is 5.32 Å². The van der Waals surface area contributed by atoms with Gasteiger partial charge in [-0.05, 0) is 12.8 Å². The van der Waals surface area contributed by atoms with E-state index in [1.54, 1.807) is 0 Å². The molecule has 6 N–H and O–H groups in total. The van der Waals surface area contributed by atoms with Crippen LogP contribution in [0.25, 0.3) is 0 Å². The molecule has 7 atom stereocenters. The fourth-order valence-electron chi connectivity index (χ4n) is 7.51. The van der Waals surface area contributed by atoms with E-state index in [2.05, 4.69) is 19.2 Å². The molecule has 1 rings (SSSR count). The second-order valence-electron chi connectivity index (χ2n) is 16.2. The second kappa shape index (κ2) is 35.6. The number of hydrogen-bond donors (Lipinski definition) is 6. The molecule has 0 spiro atoms. The number of ether oxygens (including phenoxy) is 2. The Morgan fingerprint density at radius 1 is 0.566 bits per heavy atom. The summed E-state index contributed by atoms with van der Waals surface area (Å²) in [5.41, 5.74) is 0. The third-order valence-corrected chi connectivity index (χ3v) is 11.2. The molecule has 1 fully saturated rings. The van der Waals surface area contributed by atoms with Crippen molar-refractivity contribution in [1.82, 2.24) is 5.32 Å². The average molecular weight is 758 g/mol. The van der Waals surface area contributed by atoms with Gasteiger partial charge in [-0.2, -0.15) is 0 Å². The largest absolute Gasteiger partial charge is 0.394 e. The van der Waals surface area contributed by atoms with Gasteiger partial charge in [0.05, 0.1) is 25.4 Å². The van der Waals surface area contributed by atoms with Gasteiger partial charge in [0, 0.05) is 6.42 Å². The Kier molecular flexibility index (Phi) is 33.7. The smallest absolute Gasteiger partial charge is 0.220 e. The van der Waals surface area contributed by atoms with Crippen LogP contribution in [0.5, 0.6) is 0 Å². The molecule has 9 heteroatoms. The number of hydrogen-bond acceptors (Lipinski definition) is 8. The summed E-state index contributed by atoms with van der Waals surface area (Å²) in [5, 5.41) is 54.3. The van der Waals surface area contributed by atoms with Gasteiger partial charge in [-0.3, -0.25) is 4.79 Å². The molecule has 9 nitrogen and oxygen atoms in total. The second-order valence-corrected chi connectivity index (χ2v) is 16.2. The highest BCUT2D eigenvalue weighted by Crippen LogP contribution is 2.23. The van der Waals surface area contributed by atoms with E-state index in [-0.39, 0.29) is 12.5 Å². The Labute approximate surface area is 325 Å². The van der Waals surface area contributed by atoms with E-state index in [4.69, 9.17) is 9.47 Å². The molecule has 53 heavy (non-hydrogen) atoms. The van der Waals surface area contributed by atoms with Crippen LogP contribution in [0.4, 0.5) is 0 Å². The molecule has 2 unspecified atom stereocenters. The van der Waals surface area contributed by atoms with Crippen LogP contribution in [0.15, 0.2) is 0 Å². The van der Waals surface area contributed by atoms with Crippen LogP contribution in [0, 0.1) is 0 Å². The SMILES string of the molecule is CCCCCCCCCCCCCCCCCC(=O)N[C@@H](CO[C@@H]1O[C@H](CO)[C@H](O)C(O)C1O)[C@H](O)CCCCCCCCCCCCCCCCC. The lowest BCUT2D eigenvalue weighted by molar-refractivity contribution is -0.302. The van der Waals surface area contributed by atoms with Crippen molar-refractivity contribution in [3.8, 4) is 0 Å². The summed E-state index contributed by atoms with van der Waals surface area (Å²) < 4.78 is 11.3. The lowest BCUT2D eigenvalue weighted by Gasteiger charge is -2.40. The van der Waals surface area contributed by atoms with Gasteiger partial charge in [0.25, 0.3) is 0 Å². The van der Waals surface area contributed by atoms with Crippen LogP contribution in [0.1, 0.15) is 219 Å². The van der Waals surface area contributed by atoms with E-state index in [0.29, 0.717) is 12.8 Å². The summed E-state index contributed by atoms with van der Waals surface area (Å²) in [7, 11) is 0. The van der Waals surface area contributed by atoms with Crippen molar-refractivity contribution in [2.75, 3.05) is 13.2 Å². The molecule has 1 aliphatic heterocycles. The summed E-state index contributed by atoms with van der Waals surface area (Å²) in [5.74, 6) is -0.141. The third-order valence-electron chi connectivity index (χ3n) is 11.2. The van der Waals surface area contributed by atoms with Gasteiger partial charge in [0.15, 0.2) is 6.29 Å². The topological polar surface area (TPSA) is 149 Å². The molecule has 0 aromatic rings. The molecular weight excluding hydrogens is 670 g/mol. The van der Waals surface area contributed by atoms with E-state index in [9.17, 15) is 30.3 Å². The number of aliphatic hydroxyl groups is 5. The molecule has 0 aliphatic carbocycles. The summed E-state index contributed by atoms with van der Waals surface area (Å²) in [6, 6.07) is -0.710. The standard InChI is InChI=1S/C44H87NO8/c1-3-5-7-9-11-13-15-17-19-21-23-25-27-29-31-33-38(47)37(36-52-44-43(51)42(50)41(49)39(35-46)53-44)45-40(48)34-32-30-28-26-24-22-20-18-16-14-12-10-8-6-4-2/h37-39,41-44,46-47,49-51H,3-36H2,1-2H3,(H,45,48)/t37-,38+,39+,41-,42?,43?,44+/m0/s1. The van der Waals surface area contributed by atoms with Crippen LogP contribution in [-0.4, -0.2) is 87.5 Å². The summed E-state index contributed by atoms with van der Waals surface area (Å²) in [6.07, 6.45) is 31.0. The zero-order chi connectivity index (χ0) is 38.8. The van der Waals surface area contributed by atoms with Crippen molar-refractivity contribution in [1.29, 1.82) is 0 Å². The van der Waals surface area contributed by atoms with Crippen molar-refractivity contribution in [2.45, 2.75) is 262 Å². The van der Waals surface area contributed by atoms with E-state index >= 15 is 0 Å². The average Bonchev–Trinajstić information content (AvgIpc) is 3.16. The molecule has 0 aromatic carbocycles. The summed E-state index contributed by atoms with van der Waals surface area (Å²) >= 11 is 0. The number of amides is 1. The normalized spacial score (nSPS) is 21.5. The molecule has 316 valence electrons. The first-order valence-corrected chi connectivity index (χ1v) is 22.7. The number of carbonyl (C=O) groups is 1. The van der Waals surface area contributed by atoms with Crippen molar-refractivity contribution in [3.63, 3.8) is 0 Å². The first-order valence-electron chi connectivity index (χ1n) is 22.7. The Bertz CT molecular complexity index is 801. The highest BCUT2D eigenvalue weighted by molar-refractivity contribution is 5.76. The Morgan fingerprint density at radius 3 is 1.34 bits per heavy atom. The fourth-order valence-corrected chi connectivity index (χ4v) is 7.51. The van der Waals surface area contributed by atoms with E-state index in [0.717, 1.165) is 38.5 Å².